The van der Waals surface area contributed by atoms with Gasteiger partial charge in [0, 0.05) is 6.07 Å². The average molecular weight is 361 g/mol. The Morgan fingerprint density at radius 2 is 1.96 bits per heavy atom. The molecule has 0 aromatic heterocycles. The van der Waals surface area contributed by atoms with Crippen LogP contribution in [0.4, 0.5) is 5.69 Å². The van der Waals surface area contributed by atoms with Gasteiger partial charge in [0.15, 0.2) is 0 Å². The van der Waals surface area contributed by atoms with E-state index in [9.17, 15) is 8.42 Å². The molecule has 0 amide bonds. The predicted octanol–water partition coefficient (Wildman–Crippen LogP) is 4.18. The third kappa shape index (κ3) is 4.76. The van der Waals surface area contributed by atoms with E-state index in [-0.39, 0.29) is 10.8 Å². The van der Waals surface area contributed by atoms with Gasteiger partial charge in [0.05, 0.1) is 17.7 Å². The zero-order valence-corrected chi connectivity index (χ0v) is 15.5. The van der Waals surface area contributed by atoms with Crippen LogP contribution < -0.4 is 14.2 Å². The second-order valence-corrected chi connectivity index (χ2v) is 7.47. The van der Waals surface area contributed by atoms with E-state index in [0.29, 0.717) is 23.8 Å². The summed E-state index contributed by atoms with van der Waals surface area (Å²) in [6.07, 6.45) is 1.63. The van der Waals surface area contributed by atoms with Crippen LogP contribution in [0, 0.1) is 0 Å². The van der Waals surface area contributed by atoms with E-state index in [4.69, 9.17) is 9.47 Å². The van der Waals surface area contributed by atoms with Gasteiger partial charge in [-0.1, -0.05) is 32.6 Å². The van der Waals surface area contributed by atoms with Crippen LogP contribution in [0.25, 0.3) is 0 Å². The van der Waals surface area contributed by atoms with Crippen LogP contribution in [0.3, 0.4) is 0 Å². The van der Waals surface area contributed by atoms with Gasteiger partial charge in [-0.2, -0.15) is 0 Å². The molecule has 0 unspecified atom stereocenters. The highest BCUT2D eigenvalue weighted by atomic mass is 32.2. The number of anilines is 1. The molecular weight excluding hydrogens is 338 g/mol. The third-order valence-electron chi connectivity index (χ3n) is 3.59. The molecule has 0 saturated heterocycles. The molecular formula is C19H23NO4S. The van der Waals surface area contributed by atoms with Crippen molar-refractivity contribution in [3.63, 3.8) is 0 Å². The summed E-state index contributed by atoms with van der Waals surface area (Å²) in [6.45, 7) is 7.92. The molecule has 25 heavy (non-hydrogen) atoms. The summed E-state index contributed by atoms with van der Waals surface area (Å²) in [4.78, 5) is 0.189. The number of sulfonamides is 1. The van der Waals surface area contributed by atoms with Crippen LogP contribution in [-0.2, 0) is 10.0 Å². The number of ether oxygens (including phenoxy) is 2. The number of hydrogen-bond donors (Lipinski definition) is 1. The van der Waals surface area contributed by atoms with E-state index >= 15 is 0 Å². The summed E-state index contributed by atoms with van der Waals surface area (Å²) in [7, 11) is -2.14. The summed E-state index contributed by atoms with van der Waals surface area (Å²) in [5.74, 6) is 1.38. The Bertz CT molecular complexity index is 844. The molecule has 2 aromatic carbocycles. The van der Waals surface area contributed by atoms with Gasteiger partial charge in [-0.3, -0.25) is 4.72 Å². The molecule has 0 aliphatic rings. The molecule has 0 aliphatic heterocycles. The highest BCUT2D eigenvalue weighted by Gasteiger charge is 2.18. The van der Waals surface area contributed by atoms with Crippen LogP contribution in [0.2, 0.25) is 0 Å². The van der Waals surface area contributed by atoms with Gasteiger partial charge >= 0.3 is 0 Å². The topological polar surface area (TPSA) is 64.6 Å². The maximum Gasteiger partial charge on any atom is 0.261 e. The van der Waals surface area contributed by atoms with Gasteiger partial charge in [0.1, 0.15) is 18.1 Å². The largest absolute Gasteiger partial charge is 0.496 e. The van der Waals surface area contributed by atoms with Crippen molar-refractivity contribution >= 4 is 15.7 Å². The van der Waals surface area contributed by atoms with E-state index in [1.54, 1.807) is 49.6 Å². The quantitative estimate of drug-likeness (QED) is 0.716. The lowest BCUT2D eigenvalue weighted by Crippen LogP contribution is -2.13. The third-order valence-corrected chi connectivity index (χ3v) is 4.97. The smallest absolute Gasteiger partial charge is 0.261 e. The maximum absolute atomic E-state index is 12.7. The highest BCUT2D eigenvalue weighted by molar-refractivity contribution is 7.92. The van der Waals surface area contributed by atoms with Gasteiger partial charge < -0.3 is 9.47 Å². The van der Waals surface area contributed by atoms with Crippen molar-refractivity contribution in [3.8, 4) is 11.5 Å². The lowest BCUT2D eigenvalue weighted by molar-refractivity contribution is 0.363. The van der Waals surface area contributed by atoms with Crippen molar-refractivity contribution in [2.45, 2.75) is 24.7 Å². The Morgan fingerprint density at radius 1 is 1.20 bits per heavy atom. The Labute approximate surface area is 149 Å². The fourth-order valence-electron chi connectivity index (χ4n) is 2.35. The summed E-state index contributed by atoms with van der Waals surface area (Å²) in [6, 6.07) is 11.6. The first-order valence-corrected chi connectivity index (χ1v) is 9.40. The SMILES string of the molecule is C=CCOc1cccc(NS(=O)(=O)c2ccc(OC)c(C(C)C)c2)c1. The summed E-state index contributed by atoms with van der Waals surface area (Å²) < 4.78 is 38.7. The normalized spacial score (nSPS) is 11.2. The fraction of sp³-hybridized carbons (Fsp3) is 0.263. The van der Waals surface area contributed by atoms with Crippen LogP contribution >= 0.6 is 0 Å². The first kappa shape index (κ1) is 18.9. The number of rotatable bonds is 8. The minimum atomic E-state index is -3.71. The number of methoxy groups -OCH3 is 1. The van der Waals surface area contributed by atoms with Gasteiger partial charge in [0.2, 0.25) is 0 Å². The van der Waals surface area contributed by atoms with E-state index in [1.807, 2.05) is 13.8 Å². The van der Waals surface area contributed by atoms with Crippen LogP contribution in [0.15, 0.2) is 60.0 Å². The fourth-order valence-corrected chi connectivity index (χ4v) is 3.43. The second kappa shape index (κ2) is 8.07. The molecule has 2 rings (SSSR count). The van der Waals surface area contributed by atoms with Crippen molar-refractivity contribution < 1.29 is 17.9 Å². The van der Waals surface area contributed by atoms with E-state index in [2.05, 4.69) is 11.3 Å². The highest BCUT2D eigenvalue weighted by Crippen LogP contribution is 2.30. The summed E-state index contributed by atoms with van der Waals surface area (Å²) >= 11 is 0. The number of benzene rings is 2. The second-order valence-electron chi connectivity index (χ2n) is 5.79. The average Bonchev–Trinajstić information content (AvgIpc) is 2.59. The van der Waals surface area contributed by atoms with Crippen molar-refractivity contribution in [1.29, 1.82) is 0 Å². The zero-order chi connectivity index (χ0) is 18.4. The number of nitrogens with one attached hydrogen (secondary N) is 1. The molecule has 2 aromatic rings. The van der Waals surface area contributed by atoms with Gasteiger partial charge in [-0.05, 0) is 41.8 Å². The predicted molar refractivity (Wildman–Crippen MR) is 100 cm³/mol. The van der Waals surface area contributed by atoms with Crippen molar-refractivity contribution in [1.82, 2.24) is 0 Å². The van der Waals surface area contributed by atoms with Crippen molar-refractivity contribution in [2.24, 2.45) is 0 Å². The molecule has 1 N–H and O–H groups in total. The Kier molecular flexibility index (Phi) is 6.09. The minimum Gasteiger partial charge on any atom is -0.496 e. The monoisotopic (exact) mass is 361 g/mol. The summed E-state index contributed by atoms with van der Waals surface area (Å²) in [5, 5.41) is 0. The first-order valence-electron chi connectivity index (χ1n) is 7.92. The summed E-state index contributed by atoms with van der Waals surface area (Å²) in [5.41, 5.74) is 1.27. The Hall–Kier alpha value is -2.47. The molecule has 0 bridgehead atoms. The maximum atomic E-state index is 12.7. The minimum absolute atomic E-state index is 0.140. The van der Waals surface area contributed by atoms with Crippen molar-refractivity contribution in [2.75, 3.05) is 18.4 Å². The van der Waals surface area contributed by atoms with E-state index < -0.39 is 10.0 Å². The molecule has 0 fully saturated rings. The molecule has 134 valence electrons. The zero-order valence-electron chi connectivity index (χ0n) is 14.7. The Balaban J connectivity index is 2.30. The molecule has 0 heterocycles. The molecule has 5 nitrogen and oxygen atoms in total. The van der Waals surface area contributed by atoms with Crippen LogP contribution in [0.1, 0.15) is 25.3 Å². The van der Waals surface area contributed by atoms with Crippen molar-refractivity contribution in [3.05, 3.63) is 60.7 Å². The van der Waals surface area contributed by atoms with Gasteiger partial charge in [-0.15, -0.1) is 0 Å². The van der Waals surface area contributed by atoms with Crippen LogP contribution in [0.5, 0.6) is 11.5 Å². The first-order chi connectivity index (χ1) is 11.9. The molecule has 6 heteroatoms. The van der Waals surface area contributed by atoms with E-state index in [0.717, 1.165) is 5.56 Å². The molecule has 0 radical (unpaired) electrons. The Morgan fingerprint density at radius 3 is 2.60 bits per heavy atom. The number of hydrogen-bond acceptors (Lipinski definition) is 4. The molecule has 0 saturated carbocycles. The standard InChI is InChI=1S/C19H23NO4S/c1-5-11-24-16-8-6-7-15(12-16)20-25(21,22)17-9-10-19(23-4)18(13-17)14(2)3/h5-10,12-14,20H,1,11H2,2-4H3. The van der Waals surface area contributed by atoms with Gasteiger partial charge in [-0.25, -0.2) is 8.42 Å². The molecule has 0 atom stereocenters. The lowest BCUT2D eigenvalue weighted by Gasteiger charge is -2.15. The lowest BCUT2D eigenvalue weighted by atomic mass is 10.0. The molecule has 0 spiro atoms. The molecule has 0 aliphatic carbocycles. The van der Waals surface area contributed by atoms with Crippen LogP contribution in [-0.4, -0.2) is 22.1 Å². The van der Waals surface area contributed by atoms with E-state index in [1.165, 1.54) is 6.07 Å². The van der Waals surface area contributed by atoms with Gasteiger partial charge in [0.25, 0.3) is 10.0 Å².